The van der Waals surface area contributed by atoms with Crippen LogP contribution in [0.2, 0.25) is 0 Å². The Morgan fingerprint density at radius 3 is 2.25 bits per heavy atom. The summed E-state index contributed by atoms with van der Waals surface area (Å²) < 4.78 is 8.42. The number of pyridine rings is 2. The van der Waals surface area contributed by atoms with Crippen molar-refractivity contribution in [2.75, 3.05) is 0 Å². The smallest absolute Gasteiger partial charge is 0.227 e. The van der Waals surface area contributed by atoms with Gasteiger partial charge >= 0.3 is 0 Å². The standard InChI is InChI=1S/C35H22N4O/c1-3-16-32-26(11-1)27-19-18-24(35-38-31-13-2-4-17-34(31)40-35)22-33(27)39(32)25-10-7-9-23(21-25)28-14-8-15-30(37-28)29-12-5-6-20-36-29/h1-22H. The van der Waals surface area contributed by atoms with Gasteiger partial charge in [-0.2, -0.15) is 0 Å². The van der Waals surface area contributed by atoms with Crippen molar-refractivity contribution in [3.8, 4) is 39.8 Å². The molecular weight excluding hydrogens is 492 g/mol. The van der Waals surface area contributed by atoms with E-state index in [-0.39, 0.29) is 0 Å². The Bertz CT molecular complexity index is 2140. The zero-order chi connectivity index (χ0) is 26.5. The van der Waals surface area contributed by atoms with Crippen molar-refractivity contribution in [1.82, 2.24) is 19.5 Å². The fraction of sp³-hybridized carbons (Fsp3) is 0. The van der Waals surface area contributed by atoms with Gasteiger partial charge in [0.05, 0.1) is 28.1 Å². The molecule has 0 unspecified atom stereocenters. The average molecular weight is 515 g/mol. The van der Waals surface area contributed by atoms with E-state index >= 15 is 0 Å². The van der Waals surface area contributed by atoms with Crippen molar-refractivity contribution in [3.05, 3.63) is 134 Å². The highest BCUT2D eigenvalue weighted by molar-refractivity contribution is 6.10. The van der Waals surface area contributed by atoms with Crippen LogP contribution in [0, 0.1) is 0 Å². The lowest BCUT2D eigenvalue weighted by Gasteiger charge is -2.11. The van der Waals surface area contributed by atoms with Gasteiger partial charge in [0.2, 0.25) is 5.89 Å². The molecule has 4 heterocycles. The molecule has 188 valence electrons. The first-order valence-electron chi connectivity index (χ1n) is 13.2. The van der Waals surface area contributed by atoms with Crippen LogP contribution in [0.1, 0.15) is 0 Å². The van der Waals surface area contributed by atoms with Crippen LogP contribution in [0.15, 0.2) is 138 Å². The molecule has 0 bridgehead atoms. The van der Waals surface area contributed by atoms with Crippen LogP contribution in [-0.2, 0) is 0 Å². The van der Waals surface area contributed by atoms with Crippen molar-refractivity contribution in [1.29, 1.82) is 0 Å². The van der Waals surface area contributed by atoms with E-state index in [1.54, 1.807) is 6.20 Å². The Hall–Kier alpha value is -5.55. The normalized spacial score (nSPS) is 11.5. The second kappa shape index (κ2) is 9.03. The van der Waals surface area contributed by atoms with Gasteiger partial charge in [0.15, 0.2) is 5.58 Å². The minimum absolute atomic E-state index is 0.615. The number of nitrogens with zero attached hydrogens (tertiary/aromatic N) is 4. The lowest BCUT2D eigenvalue weighted by atomic mass is 10.1. The number of rotatable bonds is 4. The largest absolute Gasteiger partial charge is 0.436 e. The second-order valence-electron chi connectivity index (χ2n) is 9.74. The Balaban J connectivity index is 1.30. The van der Waals surface area contributed by atoms with Gasteiger partial charge in [0.1, 0.15) is 5.52 Å². The first kappa shape index (κ1) is 22.4. The van der Waals surface area contributed by atoms with Gasteiger partial charge in [-0.05, 0) is 66.7 Å². The van der Waals surface area contributed by atoms with Crippen LogP contribution in [-0.4, -0.2) is 19.5 Å². The van der Waals surface area contributed by atoms with Crippen LogP contribution in [0.5, 0.6) is 0 Å². The SMILES string of the molecule is c1ccc(-c2cccc(-c3cccc(-n4c5ccccc5c5ccc(-c6nc7ccccc7o6)cc54)c3)n2)nc1. The topological polar surface area (TPSA) is 56.7 Å². The molecule has 4 aromatic carbocycles. The number of para-hydroxylation sites is 3. The molecule has 0 N–H and O–H groups in total. The molecule has 0 saturated heterocycles. The van der Waals surface area contributed by atoms with Crippen molar-refractivity contribution < 1.29 is 4.42 Å². The van der Waals surface area contributed by atoms with E-state index in [0.717, 1.165) is 56.0 Å². The molecule has 4 aromatic heterocycles. The summed E-state index contributed by atoms with van der Waals surface area (Å²) in [6.45, 7) is 0. The fourth-order valence-corrected chi connectivity index (χ4v) is 5.43. The summed E-state index contributed by atoms with van der Waals surface area (Å²) in [5, 5.41) is 2.37. The molecule has 0 atom stereocenters. The van der Waals surface area contributed by atoms with Crippen LogP contribution in [0.4, 0.5) is 0 Å². The zero-order valence-corrected chi connectivity index (χ0v) is 21.4. The van der Waals surface area contributed by atoms with Crippen molar-refractivity contribution in [2.45, 2.75) is 0 Å². The summed E-state index contributed by atoms with van der Waals surface area (Å²) >= 11 is 0. The predicted octanol–water partition coefficient (Wildman–Crippen LogP) is 8.72. The van der Waals surface area contributed by atoms with Gasteiger partial charge in [-0.25, -0.2) is 9.97 Å². The average Bonchev–Trinajstić information content (AvgIpc) is 3.61. The third kappa shape index (κ3) is 3.68. The summed E-state index contributed by atoms with van der Waals surface area (Å²) in [6.07, 6.45) is 1.79. The molecule has 0 radical (unpaired) electrons. The quantitative estimate of drug-likeness (QED) is 0.236. The van der Waals surface area contributed by atoms with E-state index in [4.69, 9.17) is 14.4 Å². The van der Waals surface area contributed by atoms with Gasteiger partial charge in [-0.1, -0.05) is 60.7 Å². The third-order valence-corrected chi connectivity index (χ3v) is 7.29. The molecule has 0 amide bonds. The fourth-order valence-electron chi connectivity index (χ4n) is 5.43. The van der Waals surface area contributed by atoms with E-state index < -0.39 is 0 Å². The number of hydrogen-bond donors (Lipinski definition) is 0. The number of aromatic nitrogens is 4. The van der Waals surface area contributed by atoms with Gasteiger partial charge in [-0.3, -0.25) is 4.98 Å². The Kier molecular flexibility index (Phi) is 5.07. The molecule has 0 spiro atoms. The number of hydrogen-bond acceptors (Lipinski definition) is 4. The van der Waals surface area contributed by atoms with Gasteiger partial charge in [-0.15, -0.1) is 0 Å². The molecule has 0 saturated carbocycles. The highest BCUT2D eigenvalue weighted by Crippen LogP contribution is 2.36. The summed E-state index contributed by atoms with van der Waals surface area (Å²) in [5.41, 5.74) is 9.51. The van der Waals surface area contributed by atoms with Crippen LogP contribution >= 0.6 is 0 Å². The van der Waals surface area contributed by atoms with Crippen LogP contribution < -0.4 is 0 Å². The minimum atomic E-state index is 0.615. The van der Waals surface area contributed by atoms with E-state index in [9.17, 15) is 0 Å². The maximum atomic E-state index is 6.11. The Labute approximate surface area is 230 Å². The van der Waals surface area contributed by atoms with E-state index in [1.807, 2.05) is 60.7 Å². The highest BCUT2D eigenvalue weighted by atomic mass is 16.3. The molecule has 8 rings (SSSR count). The molecule has 40 heavy (non-hydrogen) atoms. The molecule has 0 fully saturated rings. The maximum Gasteiger partial charge on any atom is 0.227 e. The summed E-state index contributed by atoms with van der Waals surface area (Å²) in [4.78, 5) is 14.2. The van der Waals surface area contributed by atoms with E-state index in [0.29, 0.717) is 5.89 Å². The van der Waals surface area contributed by atoms with Crippen molar-refractivity contribution in [2.24, 2.45) is 0 Å². The third-order valence-electron chi connectivity index (χ3n) is 7.29. The zero-order valence-electron chi connectivity index (χ0n) is 21.4. The first-order valence-corrected chi connectivity index (χ1v) is 13.2. The molecule has 5 heteroatoms. The van der Waals surface area contributed by atoms with Gasteiger partial charge in [0, 0.05) is 33.8 Å². The second-order valence-corrected chi connectivity index (χ2v) is 9.74. The first-order chi connectivity index (χ1) is 19.8. The van der Waals surface area contributed by atoms with E-state index in [1.165, 1.54) is 10.8 Å². The molecule has 0 aliphatic rings. The predicted molar refractivity (Wildman–Crippen MR) is 160 cm³/mol. The molecule has 0 aliphatic carbocycles. The number of benzene rings is 4. The lowest BCUT2D eigenvalue weighted by molar-refractivity contribution is 0.620. The number of fused-ring (bicyclic) bond motifs is 4. The molecular formula is C35H22N4O. The highest BCUT2D eigenvalue weighted by Gasteiger charge is 2.16. The summed E-state index contributed by atoms with van der Waals surface area (Å²) in [5.74, 6) is 0.615. The molecule has 8 aromatic rings. The lowest BCUT2D eigenvalue weighted by Crippen LogP contribution is -1.95. The Morgan fingerprint density at radius 2 is 1.32 bits per heavy atom. The minimum Gasteiger partial charge on any atom is -0.436 e. The van der Waals surface area contributed by atoms with E-state index in [2.05, 4.69) is 76.3 Å². The van der Waals surface area contributed by atoms with Crippen LogP contribution in [0.25, 0.3) is 72.7 Å². The summed E-state index contributed by atoms with van der Waals surface area (Å²) in [7, 11) is 0. The monoisotopic (exact) mass is 514 g/mol. The van der Waals surface area contributed by atoms with Crippen LogP contribution in [0.3, 0.4) is 0 Å². The summed E-state index contributed by atoms with van der Waals surface area (Å²) in [6, 6.07) is 43.3. The number of oxazole rings is 1. The molecule has 5 nitrogen and oxygen atoms in total. The van der Waals surface area contributed by atoms with Gasteiger partial charge < -0.3 is 8.98 Å². The Morgan fingerprint density at radius 1 is 0.525 bits per heavy atom. The van der Waals surface area contributed by atoms with Crippen molar-refractivity contribution >= 4 is 32.9 Å². The van der Waals surface area contributed by atoms with Gasteiger partial charge in [0.25, 0.3) is 0 Å². The molecule has 0 aliphatic heterocycles. The maximum absolute atomic E-state index is 6.11. The van der Waals surface area contributed by atoms with Crippen molar-refractivity contribution in [3.63, 3.8) is 0 Å².